The summed E-state index contributed by atoms with van der Waals surface area (Å²) < 4.78 is 0. The van der Waals surface area contributed by atoms with E-state index in [9.17, 15) is 0 Å². The average Bonchev–Trinajstić information content (AvgIpc) is 2.48. The molecule has 0 spiro atoms. The van der Waals surface area contributed by atoms with Crippen LogP contribution in [0.25, 0.3) is 0 Å². The summed E-state index contributed by atoms with van der Waals surface area (Å²) in [5.74, 6) is 6.17. The first-order valence-electron chi connectivity index (χ1n) is 4.70. The van der Waals surface area contributed by atoms with E-state index in [0.717, 1.165) is 0 Å². The minimum atomic E-state index is 0.466. The maximum Gasteiger partial charge on any atom is 0.0717 e. The molecule has 0 radical (unpaired) electrons. The standard InChI is InChI=1S/C10H18N2/c1-9(2)12-8-4-6-10(12)5-3-7-11/h9-10H,4,6-8,11H2,1-2H3. The fourth-order valence-electron chi connectivity index (χ4n) is 1.74. The summed E-state index contributed by atoms with van der Waals surface area (Å²) in [4.78, 5) is 2.45. The second-order valence-electron chi connectivity index (χ2n) is 3.51. The monoisotopic (exact) mass is 166 g/mol. The Morgan fingerprint density at radius 2 is 2.33 bits per heavy atom. The fraction of sp³-hybridized carbons (Fsp3) is 0.800. The minimum absolute atomic E-state index is 0.466. The summed E-state index contributed by atoms with van der Waals surface area (Å²) in [6.45, 7) is 6.13. The molecule has 1 heterocycles. The highest BCUT2D eigenvalue weighted by molar-refractivity contribution is 5.11. The van der Waals surface area contributed by atoms with Gasteiger partial charge in [0, 0.05) is 6.04 Å². The first-order chi connectivity index (χ1) is 5.75. The minimum Gasteiger partial charge on any atom is -0.320 e. The Labute approximate surface area is 75.1 Å². The van der Waals surface area contributed by atoms with E-state index in [0.29, 0.717) is 18.6 Å². The van der Waals surface area contributed by atoms with E-state index in [-0.39, 0.29) is 0 Å². The number of nitrogens with zero attached hydrogens (tertiary/aromatic N) is 1. The van der Waals surface area contributed by atoms with Crippen molar-refractivity contribution in [3.8, 4) is 11.8 Å². The van der Waals surface area contributed by atoms with Crippen molar-refractivity contribution in [2.45, 2.75) is 38.8 Å². The van der Waals surface area contributed by atoms with Gasteiger partial charge < -0.3 is 5.73 Å². The van der Waals surface area contributed by atoms with Crippen molar-refractivity contribution in [3.63, 3.8) is 0 Å². The molecular formula is C10H18N2. The van der Waals surface area contributed by atoms with Crippen molar-refractivity contribution < 1.29 is 0 Å². The molecule has 0 aromatic heterocycles. The molecule has 1 atom stereocenters. The smallest absolute Gasteiger partial charge is 0.0717 e. The Kier molecular flexibility index (Phi) is 3.58. The van der Waals surface area contributed by atoms with Crippen molar-refractivity contribution >= 4 is 0 Å². The zero-order valence-electron chi connectivity index (χ0n) is 8.01. The Balaban J connectivity index is 2.52. The van der Waals surface area contributed by atoms with Gasteiger partial charge in [-0.15, -0.1) is 0 Å². The van der Waals surface area contributed by atoms with Crippen molar-refractivity contribution in [3.05, 3.63) is 0 Å². The first-order valence-corrected chi connectivity index (χ1v) is 4.70. The number of hydrogen-bond acceptors (Lipinski definition) is 2. The SMILES string of the molecule is CC(C)N1CCCC1C#CCN. The van der Waals surface area contributed by atoms with Crippen molar-refractivity contribution in [2.75, 3.05) is 13.1 Å². The highest BCUT2D eigenvalue weighted by Gasteiger charge is 2.24. The third-order valence-corrected chi connectivity index (χ3v) is 2.33. The van der Waals surface area contributed by atoms with E-state index < -0.39 is 0 Å². The van der Waals surface area contributed by atoms with Gasteiger partial charge in [0.25, 0.3) is 0 Å². The predicted molar refractivity (Wildman–Crippen MR) is 51.7 cm³/mol. The van der Waals surface area contributed by atoms with Crippen LogP contribution in [0.1, 0.15) is 26.7 Å². The van der Waals surface area contributed by atoms with Crippen LogP contribution in [-0.2, 0) is 0 Å². The second-order valence-corrected chi connectivity index (χ2v) is 3.51. The van der Waals surface area contributed by atoms with Gasteiger partial charge in [0.2, 0.25) is 0 Å². The van der Waals surface area contributed by atoms with Crippen molar-refractivity contribution in [1.29, 1.82) is 0 Å². The van der Waals surface area contributed by atoms with Gasteiger partial charge in [-0.05, 0) is 33.2 Å². The molecule has 1 fully saturated rings. The predicted octanol–water partition coefficient (Wildman–Crippen LogP) is 0.821. The van der Waals surface area contributed by atoms with Gasteiger partial charge in [-0.1, -0.05) is 11.8 Å². The van der Waals surface area contributed by atoms with E-state index in [1.165, 1.54) is 19.4 Å². The van der Waals surface area contributed by atoms with Crippen molar-refractivity contribution in [1.82, 2.24) is 4.90 Å². The van der Waals surface area contributed by atoms with E-state index >= 15 is 0 Å². The van der Waals surface area contributed by atoms with Crippen molar-refractivity contribution in [2.24, 2.45) is 5.73 Å². The number of nitrogens with two attached hydrogens (primary N) is 1. The van der Waals surface area contributed by atoms with E-state index in [1.807, 2.05) is 0 Å². The lowest BCUT2D eigenvalue weighted by molar-refractivity contribution is 0.239. The van der Waals surface area contributed by atoms with Crippen LogP contribution in [0, 0.1) is 11.8 Å². The number of likely N-dealkylation sites (tertiary alicyclic amines) is 1. The van der Waals surface area contributed by atoms with Gasteiger partial charge >= 0.3 is 0 Å². The number of rotatable bonds is 1. The molecule has 1 saturated heterocycles. The molecule has 1 aliphatic rings. The molecule has 0 bridgehead atoms. The quantitative estimate of drug-likeness (QED) is 0.584. The van der Waals surface area contributed by atoms with Crippen LogP contribution in [0.4, 0.5) is 0 Å². The third kappa shape index (κ3) is 2.23. The molecule has 0 aromatic rings. The first kappa shape index (κ1) is 9.57. The summed E-state index contributed by atoms with van der Waals surface area (Å²) >= 11 is 0. The largest absolute Gasteiger partial charge is 0.320 e. The van der Waals surface area contributed by atoms with Crippen LogP contribution < -0.4 is 5.73 Å². The van der Waals surface area contributed by atoms with Crippen LogP contribution >= 0.6 is 0 Å². The molecule has 0 aromatic carbocycles. The van der Waals surface area contributed by atoms with Crippen LogP contribution in [0.3, 0.4) is 0 Å². The Bertz CT molecular complexity index is 188. The van der Waals surface area contributed by atoms with Gasteiger partial charge in [0.05, 0.1) is 12.6 Å². The molecule has 0 aliphatic carbocycles. The Hall–Kier alpha value is -0.520. The number of hydrogen-bond donors (Lipinski definition) is 1. The highest BCUT2D eigenvalue weighted by Crippen LogP contribution is 2.18. The lowest BCUT2D eigenvalue weighted by Crippen LogP contribution is -2.34. The maximum atomic E-state index is 5.34. The highest BCUT2D eigenvalue weighted by atomic mass is 15.2. The molecule has 1 rings (SSSR count). The zero-order valence-corrected chi connectivity index (χ0v) is 8.01. The van der Waals surface area contributed by atoms with Gasteiger partial charge in [-0.2, -0.15) is 0 Å². The van der Waals surface area contributed by atoms with Crippen LogP contribution in [0.5, 0.6) is 0 Å². The molecule has 1 aliphatic heterocycles. The molecule has 68 valence electrons. The summed E-state index contributed by atoms with van der Waals surface area (Å²) in [6.07, 6.45) is 2.49. The van der Waals surface area contributed by atoms with Gasteiger partial charge in [0.15, 0.2) is 0 Å². The summed E-state index contributed by atoms with van der Waals surface area (Å²) in [7, 11) is 0. The molecule has 2 heteroatoms. The maximum absolute atomic E-state index is 5.34. The molecular weight excluding hydrogens is 148 g/mol. The average molecular weight is 166 g/mol. The van der Waals surface area contributed by atoms with Crippen LogP contribution in [0.15, 0.2) is 0 Å². The third-order valence-electron chi connectivity index (χ3n) is 2.33. The van der Waals surface area contributed by atoms with E-state index in [1.54, 1.807) is 0 Å². The van der Waals surface area contributed by atoms with Crippen LogP contribution in [-0.4, -0.2) is 30.1 Å². The normalized spacial score (nSPS) is 24.2. The van der Waals surface area contributed by atoms with E-state index in [2.05, 4.69) is 30.6 Å². The van der Waals surface area contributed by atoms with Gasteiger partial charge in [0.1, 0.15) is 0 Å². The summed E-state index contributed by atoms with van der Waals surface area (Å²) in [5.41, 5.74) is 5.34. The summed E-state index contributed by atoms with van der Waals surface area (Å²) in [5, 5.41) is 0. The lowest BCUT2D eigenvalue weighted by Gasteiger charge is -2.24. The Morgan fingerprint density at radius 3 is 2.92 bits per heavy atom. The molecule has 0 saturated carbocycles. The Morgan fingerprint density at radius 1 is 1.58 bits per heavy atom. The molecule has 1 unspecified atom stereocenters. The van der Waals surface area contributed by atoms with E-state index in [4.69, 9.17) is 5.73 Å². The molecule has 2 nitrogen and oxygen atoms in total. The van der Waals surface area contributed by atoms with Gasteiger partial charge in [-0.3, -0.25) is 4.90 Å². The zero-order chi connectivity index (χ0) is 8.97. The van der Waals surface area contributed by atoms with Gasteiger partial charge in [-0.25, -0.2) is 0 Å². The topological polar surface area (TPSA) is 29.3 Å². The fourth-order valence-corrected chi connectivity index (χ4v) is 1.74. The summed E-state index contributed by atoms with van der Waals surface area (Å²) in [6, 6.07) is 1.08. The molecule has 2 N–H and O–H groups in total. The molecule has 0 amide bonds. The second kappa shape index (κ2) is 4.49. The van der Waals surface area contributed by atoms with Crippen LogP contribution in [0.2, 0.25) is 0 Å². The lowest BCUT2D eigenvalue weighted by atomic mass is 10.2. The molecule has 12 heavy (non-hydrogen) atoms.